The van der Waals surface area contributed by atoms with Gasteiger partial charge in [0.15, 0.2) is 11.6 Å². The second-order valence-corrected chi connectivity index (χ2v) is 7.11. The van der Waals surface area contributed by atoms with Gasteiger partial charge >= 0.3 is 5.63 Å². The van der Waals surface area contributed by atoms with Gasteiger partial charge in [0.1, 0.15) is 17.1 Å². The average Bonchev–Trinajstić information content (AvgIpc) is 2.83. The SMILES string of the molecule is CC(=O)C1=NNC(c2c(F)cccc2N(C)C(=O)/C=C/Oc2ccc3ccc(=O)oc3c2)=NN1. The molecule has 1 aromatic heterocycles. The molecule has 0 aliphatic carbocycles. The van der Waals surface area contributed by atoms with Crippen molar-refractivity contribution < 1.29 is 23.1 Å². The fraction of sp³-hybridized carbons (Fsp3) is 0.0870. The third kappa shape index (κ3) is 4.67. The molecule has 4 rings (SSSR count). The van der Waals surface area contributed by atoms with Crippen molar-refractivity contribution in [3.63, 3.8) is 0 Å². The van der Waals surface area contributed by atoms with Crippen molar-refractivity contribution in [2.45, 2.75) is 6.92 Å². The van der Waals surface area contributed by atoms with Crippen LogP contribution >= 0.6 is 0 Å². The molecule has 0 radical (unpaired) electrons. The number of anilines is 1. The highest BCUT2D eigenvalue weighted by Crippen LogP contribution is 2.24. The van der Waals surface area contributed by atoms with Crippen molar-refractivity contribution >= 4 is 40.0 Å². The summed E-state index contributed by atoms with van der Waals surface area (Å²) in [5.41, 5.74) is 5.02. The zero-order valence-corrected chi connectivity index (χ0v) is 18.0. The highest BCUT2D eigenvalue weighted by Gasteiger charge is 2.22. The molecule has 3 aromatic rings. The van der Waals surface area contributed by atoms with E-state index in [-0.39, 0.29) is 28.7 Å². The van der Waals surface area contributed by atoms with Gasteiger partial charge in [-0.1, -0.05) is 6.07 Å². The first-order valence-corrected chi connectivity index (χ1v) is 9.95. The number of halogens is 1. The minimum atomic E-state index is -0.649. The lowest BCUT2D eigenvalue weighted by Crippen LogP contribution is -2.38. The van der Waals surface area contributed by atoms with Crippen LogP contribution in [0.25, 0.3) is 11.0 Å². The molecule has 2 N–H and O–H groups in total. The molecule has 0 bridgehead atoms. The molecule has 1 aliphatic heterocycles. The first kappa shape index (κ1) is 22.4. The Morgan fingerprint density at radius 1 is 1.12 bits per heavy atom. The fourth-order valence-corrected chi connectivity index (χ4v) is 3.08. The van der Waals surface area contributed by atoms with E-state index < -0.39 is 17.3 Å². The molecule has 0 atom stereocenters. The number of hydrogen-bond acceptors (Lipinski definition) is 9. The van der Waals surface area contributed by atoms with Gasteiger partial charge in [-0.3, -0.25) is 20.4 Å². The second-order valence-electron chi connectivity index (χ2n) is 7.11. The zero-order valence-electron chi connectivity index (χ0n) is 18.0. The Balaban J connectivity index is 1.51. The van der Waals surface area contributed by atoms with Crippen molar-refractivity contribution in [1.82, 2.24) is 10.9 Å². The predicted molar refractivity (Wildman–Crippen MR) is 123 cm³/mol. The molecular formula is C23H18FN5O5. The van der Waals surface area contributed by atoms with E-state index in [1.54, 1.807) is 18.2 Å². The molecule has 172 valence electrons. The number of amidine groups is 2. The van der Waals surface area contributed by atoms with Gasteiger partial charge < -0.3 is 14.1 Å². The standard InChI is InChI=1S/C23H18FN5O5/c1-13(30)22-25-27-23(28-26-22)21-16(24)4-3-5-17(21)29(2)19(31)10-11-33-15-8-6-14-7-9-20(32)34-18(14)12-15/h3-12H,1-2H3,(H,25,26)(H,27,28)/b11-10+. The summed E-state index contributed by atoms with van der Waals surface area (Å²) < 4.78 is 25.2. The summed E-state index contributed by atoms with van der Waals surface area (Å²) in [5.74, 6) is -1.20. The van der Waals surface area contributed by atoms with Crippen molar-refractivity contribution in [2.75, 3.05) is 11.9 Å². The molecule has 2 heterocycles. The zero-order chi connectivity index (χ0) is 24.2. The second kappa shape index (κ2) is 9.36. The average molecular weight is 463 g/mol. The van der Waals surface area contributed by atoms with E-state index in [4.69, 9.17) is 9.15 Å². The monoisotopic (exact) mass is 463 g/mol. The van der Waals surface area contributed by atoms with Gasteiger partial charge in [0, 0.05) is 37.6 Å². The molecule has 0 saturated heterocycles. The molecule has 0 unspecified atom stereocenters. The number of hydrogen-bond donors (Lipinski definition) is 2. The summed E-state index contributed by atoms with van der Waals surface area (Å²) in [7, 11) is 1.46. The molecule has 0 fully saturated rings. The van der Waals surface area contributed by atoms with Crippen LogP contribution in [-0.4, -0.2) is 30.4 Å². The maximum atomic E-state index is 14.7. The largest absolute Gasteiger partial charge is 0.465 e. The van der Waals surface area contributed by atoms with Crippen molar-refractivity contribution in [3.05, 3.63) is 82.7 Å². The number of carbonyl (C=O) groups is 2. The minimum Gasteiger partial charge on any atom is -0.465 e. The lowest BCUT2D eigenvalue weighted by Gasteiger charge is -2.21. The first-order valence-electron chi connectivity index (χ1n) is 9.95. The van der Waals surface area contributed by atoms with Crippen LogP contribution in [0.2, 0.25) is 0 Å². The first-order chi connectivity index (χ1) is 16.3. The van der Waals surface area contributed by atoms with Gasteiger partial charge in [-0.05, 0) is 30.3 Å². The molecule has 34 heavy (non-hydrogen) atoms. The fourth-order valence-electron chi connectivity index (χ4n) is 3.08. The molecule has 11 heteroatoms. The van der Waals surface area contributed by atoms with Gasteiger partial charge in [-0.2, -0.15) is 10.2 Å². The Morgan fingerprint density at radius 3 is 2.65 bits per heavy atom. The normalized spacial score (nSPS) is 13.0. The molecule has 1 aliphatic rings. The van der Waals surface area contributed by atoms with E-state index in [0.29, 0.717) is 11.3 Å². The lowest BCUT2D eigenvalue weighted by atomic mass is 10.1. The molecule has 1 amide bonds. The quantitative estimate of drug-likeness (QED) is 0.326. The Bertz CT molecular complexity index is 1440. The molecule has 0 saturated carbocycles. The van der Waals surface area contributed by atoms with Crippen molar-refractivity contribution in [2.24, 2.45) is 10.2 Å². The highest BCUT2D eigenvalue weighted by atomic mass is 19.1. The minimum absolute atomic E-state index is 0.00404. The number of nitrogens with zero attached hydrogens (tertiary/aromatic N) is 3. The Hall–Kier alpha value is -4.80. The number of fused-ring (bicyclic) bond motifs is 1. The summed E-state index contributed by atoms with van der Waals surface area (Å²) in [4.78, 5) is 36.7. The number of benzene rings is 2. The van der Waals surface area contributed by atoms with Crippen molar-refractivity contribution in [3.8, 4) is 5.75 Å². The molecule has 0 spiro atoms. The number of amides is 1. The van der Waals surface area contributed by atoms with E-state index in [1.807, 2.05) is 0 Å². The van der Waals surface area contributed by atoms with E-state index in [2.05, 4.69) is 21.1 Å². The molecule has 2 aromatic carbocycles. The summed E-state index contributed by atoms with van der Waals surface area (Å²) in [6, 6.07) is 12.0. The predicted octanol–water partition coefficient (Wildman–Crippen LogP) is 2.24. The molecule has 10 nitrogen and oxygen atoms in total. The van der Waals surface area contributed by atoms with Crippen LogP contribution in [0.1, 0.15) is 12.5 Å². The van der Waals surface area contributed by atoms with Gasteiger partial charge in [0.05, 0.1) is 17.5 Å². The van der Waals surface area contributed by atoms with Crippen molar-refractivity contribution in [1.29, 1.82) is 0 Å². The number of nitrogens with one attached hydrogen (secondary N) is 2. The number of rotatable bonds is 6. The van der Waals surface area contributed by atoms with Crippen LogP contribution in [0.15, 0.2) is 80.3 Å². The van der Waals surface area contributed by atoms with E-state index >= 15 is 0 Å². The lowest BCUT2D eigenvalue weighted by molar-refractivity contribution is -0.114. The summed E-state index contributed by atoms with van der Waals surface area (Å²) in [6.07, 6.45) is 2.32. The molecular weight excluding hydrogens is 445 g/mol. The van der Waals surface area contributed by atoms with Crippen LogP contribution in [0.3, 0.4) is 0 Å². The van der Waals surface area contributed by atoms with Crippen LogP contribution in [-0.2, 0) is 9.59 Å². The smallest absolute Gasteiger partial charge is 0.336 e. The van der Waals surface area contributed by atoms with E-state index in [0.717, 1.165) is 11.5 Å². The number of carbonyl (C=O) groups excluding carboxylic acids is 2. The van der Waals surface area contributed by atoms with E-state index in [9.17, 15) is 18.8 Å². The van der Waals surface area contributed by atoms with Crippen LogP contribution in [0.5, 0.6) is 5.75 Å². The van der Waals surface area contributed by atoms with Crippen LogP contribution in [0, 0.1) is 5.82 Å². The Kier molecular flexibility index (Phi) is 6.17. The van der Waals surface area contributed by atoms with E-state index in [1.165, 1.54) is 55.5 Å². The van der Waals surface area contributed by atoms with Gasteiger partial charge in [0.25, 0.3) is 5.91 Å². The van der Waals surface area contributed by atoms with Crippen LogP contribution in [0.4, 0.5) is 10.1 Å². The summed E-state index contributed by atoms with van der Waals surface area (Å²) in [6.45, 7) is 1.30. The number of ether oxygens (including phenoxy) is 1. The highest BCUT2D eigenvalue weighted by molar-refractivity contribution is 6.38. The number of ketones is 1. The third-order valence-corrected chi connectivity index (χ3v) is 4.81. The van der Waals surface area contributed by atoms with Gasteiger partial charge in [-0.15, -0.1) is 0 Å². The maximum Gasteiger partial charge on any atom is 0.336 e. The number of likely N-dealkylation sites (N-methyl/N-ethyl adjacent to an activating group) is 1. The topological polar surface area (TPSA) is 126 Å². The Labute approximate surface area is 192 Å². The number of hydrazone groups is 2. The maximum absolute atomic E-state index is 14.7. The third-order valence-electron chi connectivity index (χ3n) is 4.81. The van der Waals surface area contributed by atoms with Gasteiger partial charge in [-0.25, -0.2) is 9.18 Å². The van der Waals surface area contributed by atoms with Gasteiger partial charge in [0.2, 0.25) is 5.84 Å². The van der Waals surface area contributed by atoms with Crippen LogP contribution < -0.4 is 26.1 Å². The Morgan fingerprint density at radius 2 is 1.91 bits per heavy atom. The number of Topliss-reactive ketones (excluding diaryl/α,β-unsaturated/α-hetero) is 1. The summed E-state index contributed by atoms with van der Waals surface area (Å²) >= 11 is 0. The summed E-state index contributed by atoms with van der Waals surface area (Å²) in [5, 5.41) is 8.50.